The molecule has 5 heteroatoms. The standard InChI is InChI=1S/C10H10ClNO3/c1-14-7-3-5-6(4-12-10(5)13)8(11)9(7)15-2/h3H,4H2,1-2H3,(H,12,13). The highest BCUT2D eigenvalue weighted by atomic mass is 35.5. The average Bonchev–Trinajstić information content (AvgIpc) is 2.60. The Balaban J connectivity index is 2.67. The Morgan fingerprint density at radius 3 is 2.73 bits per heavy atom. The highest BCUT2D eigenvalue weighted by Gasteiger charge is 2.26. The summed E-state index contributed by atoms with van der Waals surface area (Å²) in [7, 11) is 3.02. The molecular formula is C10H10ClNO3. The third-order valence-corrected chi connectivity index (χ3v) is 2.78. The van der Waals surface area contributed by atoms with Crippen molar-refractivity contribution in [2.45, 2.75) is 6.54 Å². The van der Waals surface area contributed by atoms with Gasteiger partial charge in [0.05, 0.1) is 19.2 Å². The Labute approximate surface area is 92.1 Å². The van der Waals surface area contributed by atoms with E-state index in [9.17, 15) is 4.79 Å². The maximum absolute atomic E-state index is 11.4. The van der Waals surface area contributed by atoms with Gasteiger partial charge in [-0.05, 0) is 6.07 Å². The highest BCUT2D eigenvalue weighted by molar-refractivity contribution is 6.34. The largest absolute Gasteiger partial charge is 0.493 e. The minimum absolute atomic E-state index is 0.132. The van der Waals surface area contributed by atoms with E-state index in [-0.39, 0.29) is 5.91 Å². The molecule has 15 heavy (non-hydrogen) atoms. The van der Waals surface area contributed by atoms with Crippen molar-refractivity contribution in [3.8, 4) is 11.5 Å². The lowest BCUT2D eigenvalue weighted by Crippen LogP contribution is -2.12. The lowest BCUT2D eigenvalue weighted by atomic mass is 10.1. The molecule has 0 spiro atoms. The molecule has 0 unspecified atom stereocenters. The summed E-state index contributed by atoms with van der Waals surface area (Å²) in [6, 6.07) is 1.64. The van der Waals surface area contributed by atoms with Gasteiger partial charge in [-0.15, -0.1) is 0 Å². The van der Waals surface area contributed by atoms with Gasteiger partial charge in [0.2, 0.25) is 0 Å². The molecule has 2 rings (SSSR count). The fraction of sp³-hybridized carbons (Fsp3) is 0.300. The van der Waals surface area contributed by atoms with Crippen molar-refractivity contribution in [2.75, 3.05) is 14.2 Å². The van der Waals surface area contributed by atoms with E-state index >= 15 is 0 Å². The number of benzene rings is 1. The summed E-state index contributed by atoms with van der Waals surface area (Å²) in [6.45, 7) is 0.438. The third kappa shape index (κ3) is 1.41. The van der Waals surface area contributed by atoms with E-state index in [1.54, 1.807) is 6.07 Å². The van der Waals surface area contributed by atoms with E-state index in [4.69, 9.17) is 21.1 Å². The van der Waals surface area contributed by atoms with E-state index in [0.29, 0.717) is 28.6 Å². The summed E-state index contributed by atoms with van der Waals surface area (Å²) in [4.78, 5) is 11.4. The lowest BCUT2D eigenvalue weighted by Gasteiger charge is -2.11. The number of carbonyl (C=O) groups excluding carboxylic acids is 1. The first-order valence-electron chi connectivity index (χ1n) is 4.40. The minimum atomic E-state index is -0.132. The topological polar surface area (TPSA) is 47.6 Å². The van der Waals surface area contributed by atoms with Gasteiger partial charge >= 0.3 is 0 Å². The van der Waals surface area contributed by atoms with Crippen LogP contribution in [-0.2, 0) is 6.54 Å². The predicted molar refractivity (Wildman–Crippen MR) is 55.7 cm³/mol. The molecule has 0 aromatic heterocycles. The summed E-state index contributed by atoms with van der Waals surface area (Å²) < 4.78 is 10.2. The number of halogens is 1. The van der Waals surface area contributed by atoms with Gasteiger partial charge in [-0.3, -0.25) is 4.79 Å². The normalized spacial score (nSPS) is 13.4. The molecule has 4 nitrogen and oxygen atoms in total. The van der Waals surface area contributed by atoms with Gasteiger partial charge in [0.1, 0.15) is 0 Å². The minimum Gasteiger partial charge on any atom is -0.493 e. The molecule has 0 atom stereocenters. The zero-order valence-electron chi connectivity index (χ0n) is 8.39. The van der Waals surface area contributed by atoms with Crippen molar-refractivity contribution in [3.05, 3.63) is 22.2 Å². The van der Waals surface area contributed by atoms with E-state index in [1.165, 1.54) is 14.2 Å². The predicted octanol–water partition coefficient (Wildman–Crippen LogP) is 1.60. The van der Waals surface area contributed by atoms with E-state index in [2.05, 4.69) is 5.32 Å². The lowest BCUT2D eigenvalue weighted by molar-refractivity contribution is 0.0965. The van der Waals surface area contributed by atoms with Crippen LogP contribution in [0.3, 0.4) is 0 Å². The number of nitrogens with one attached hydrogen (secondary N) is 1. The van der Waals surface area contributed by atoms with Gasteiger partial charge in [-0.25, -0.2) is 0 Å². The molecule has 0 aliphatic carbocycles. The number of hydrogen-bond acceptors (Lipinski definition) is 3. The van der Waals surface area contributed by atoms with Crippen LogP contribution in [0.25, 0.3) is 0 Å². The Morgan fingerprint density at radius 1 is 1.40 bits per heavy atom. The van der Waals surface area contributed by atoms with Crippen LogP contribution >= 0.6 is 11.6 Å². The molecule has 80 valence electrons. The quantitative estimate of drug-likeness (QED) is 0.835. The fourth-order valence-electron chi connectivity index (χ4n) is 1.63. The van der Waals surface area contributed by atoms with E-state index < -0.39 is 0 Å². The SMILES string of the molecule is COc1cc2c(c(Cl)c1OC)CNC2=O. The van der Waals surface area contributed by atoms with Crippen molar-refractivity contribution in [2.24, 2.45) is 0 Å². The molecule has 1 aliphatic rings. The van der Waals surface area contributed by atoms with Crippen LogP contribution in [0.4, 0.5) is 0 Å². The first-order valence-corrected chi connectivity index (χ1v) is 4.78. The first kappa shape index (κ1) is 10.1. The van der Waals surface area contributed by atoms with Crippen LogP contribution in [0.2, 0.25) is 5.02 Å². The Morgan fingerprint density at radius 2 is 2.13 bits per heavy atom. The number of carbonyl (C=O) groups is 1. The molecule has 1 aromatic carbocycles. The zero-order chi connectivity index (χ0) is 11.0. The van der Waals surface area contributed by atoms with Crippen molar-refractivity contribution >= 4 is 17.5 Å². The molecule has 1 aromatic rings. The number of methoxy groups -OCH3 is 2. The Bertz CT molecular complexity index is 431. The van der Waals surface area contributed by atoms with Crippen LogP contribution in [0.5, 0.6) is 11.5 Å². The van der Waals surface area contributed by atoms with Gasteiger partial charge in [-0.2, -0.15) is 0 Å². The Kier molecular flexibility index (Phi) is 2.44. The third-order valence-electron chi connectivity index (χ3n) is 2.38. The number of hydrogen-bond donors (Lipinski definition) is 1. The van der Waals surface area contributed by atoms with Crippen LogP contribution < -0.4 is 14.8 Å². The second-order valence-corrected chi connectivity index (χ2v) is 3.51. The maximum atomic E-state index is 11.4. The molecule has 1 aliphatic heterocycles. The van der Waals surface area contributed by atoms with Crippen LogP contribution in [-0.4, -0.2) is 20.1 Å². The van der Waals surface area contributed by atoms with Crippen LogP contribution in [0, 0.1) is 0 Å². The molecule has 0 radical (unpaired) electrons. The number of amides is 1. The van der Waals surface area contributed by atoms with Crippen LogP contribution in [0.15, 0.2) is 6.07 Å². The van der Waals surface area contributed by atoms with Gasteiger partial charge in [0.25, 0.3) is 5.91 Å². The number of fused-ring (bicyclic) bond motifs is 1. The summed E-state index contributed by atoms with van der Waals surface area (Å²) >= 11 is 6.11. The van der Waals surface area contributed by atoms with E-state index in [1.807, 2.05) is 0 Å². The molecule has 1 heterocycles. The van der Waals surface area contributed by atoms with Crippen molar-refractivity contribution in [3.63, 3.8) is 0 Å². The maximum Gasteiger partial charge on any atom is 0.252 e. The monoisotopic (exact) mass is 227 g/mol. The molecule has 0 saturated heterocycles. The second-order valence-electron chi connectivity index (χ2n) is 3.13. The molecule has 0 fully saturated rings. The number of rotatable bonds is 2. The summed E-state index contributed by atoms with van der Waals surface area (Å²) in [5.74, 6) is 0.806. The van der Waals surface area contributed by atoms with E-state index in [0.717, 1.165) is 5.56 Å². The number of ether oxygens (including phenoxy) is 2. The molecule has 1 amide bonds. The van der Waals surface area contributed by atoms with Gasteiger partial charge < -0.3 is 14.8 Å². The summed E-state index contributed by atoms with van der Waals surface area (Å²) in [5.41, 5.74) is 1.32. The molecular weight excluding hydrogens is 218 g/mol. The smallest absolute Gasteiger partial charge is 0.252 e. The summed E-state index contributed by atoms with van der Waals surface area (Å²) in [6.07, 6.45) is 0. The average molecular weight is 228 g/mol. The molecule has 0 saturated carbocycles. The highest BCUT2D eigenvalue weighted by Crippen LogP contribution is 2.40. The van der Waals surface area contributed by atoms with Crippen molar-refractivity contribution in [1.82, 2.24) is 5.32 Å². The zero-order valence-corrected chi connectivity index (χ0v) is 9.14. The fourth-order valence-corrected chi connectivity index (χ4v) is 1.97. The molecule has 0 bridgehead atoms. The van der Waals surface area contributed by atoms with Gasteiger partial charge in [-0.1, -0.05) is 11.6 Å². The first-order chi connectivity index (χ1) is 7.19. The van der Waals surface area contributed by atoms with Crippen molar-refractivity contribution < 1.29 is 14.3 Å². The second kappa shape index (κ2) is 3.62. The van der Waals surface area contributed by atoms with Gasteiger partial charge in [0, 0.05) is 17.7 Å². The van der Waals surface area contributed by atoms with Gasteiger partial charge in [0.15, 0.2) is 11.5 Å². The summed E-state index contributed by atoms with van der Waals surface area (Å²) in [5, 5.41) is 3.13. The molecule has 1 N–H and O–H groups in total. The Hall–Kier alpha value is -1.42. The van der Waals surface area contributed by atoms with Crippen LogP contribution in [0.1, 0.15) is 15.9 Å². The van der Waals surface area contributed by atoms with Crippen molar-refractivity contribution in [1.29, 1.82) is 0 Å².